The first-order valence-electron chi connectivity index (χ1n) is 10.1. The van der Waals surface area contributed by atoms with E-state index in [0.717, 1.165) is 10.5 Å². The number of benzene rings is 2. The monoisotopic (exact) mass is 459 g/mol. The van der Waals surface area contributed by atoms with Gasteiger partial charge in [-0.15, -0.1) is 0 Å². The van der Waals surface area contributed by atoms with Crippen LogP contribution in [0.2, 0.25) is 0 Å². The number of rotatable bonds is 11. The standard InChI is InChI=1S/C22H25N3O6S/c1-31-14-12-24-32(29,30)17-10-8-16(9-11-17)15-23-20(26)7-4-13-25-21(27)18-5-2-3-6-19(18)22(25)28/h2-3,5-6,8-11,24H,4,7,12-15H2,1H3,(H,23,26). The van der Waals surface area contributed by atoms with Crippen LogP contribution in [0.15, 0.2) is 53.4 Å². The molecule has 1 aliphatic rings. The number of fused-ring (bicyclic) bond motifs is 1. The molecule has 1 aliphatic heterocycles. The number of carbonyl (C=O) groups excluding carboxylic acids is 3. The lowest BCUT2D eigenvalue weighted by Gasteiger charge is -2.13. The van der Waals surface area contributed by atoms with E-state index in [-0.39, 0.29) is 55.3 Å². The van der Waals surface area contributed by atoms with Gasteiger partial charge in [0, 0.05) is 33.2 Å². The molecule has 0 saturated carbocycles. The molecule has 0 fully saturated rings. The minimum Gasteiger partial charge on any atom is -0.383 e. The summed E-state index contributed by atoms with van der Waals surface area (Å²) in [6.45, 7) is 0.861. The normalized spacial score (nSPS) is 13.3. The third-order valence-corrected chi connectivity index (χ3v) is 6.46. The molecule has 0 atom stereocenters. The summed E-state index contributed by atoms with van der Waals surface area (Å²) in [4.78, 5) is 38.1. The molecule has 2 N–H and O–H groups in total. The molecule has 0 unspecified atom stereocenters. The van der Waals surface area contributed by atoms with Crippen molar-refractivity contribution >= 4 is 27.7 Å². The van der Waals surface area contributed by atoms with Gasteiger partial charge in [-0.25, -0.2) is 13.1 Å². The zero-order chi connectivity index (χ0) is 23.1. The highest BCUT2D eigenvalue weighted by Crippen LogP contribution is 2.22. The van der Waals surface area contributed by atoms with Gasteiger partial charge in [0.05, 0.1) is 22.6 Å². The molecular weight excluding hydrogens is 434 g/mol. The van der Waals surface area contributed by atoms with Crippen LogP contribution < -0.4 is 10.0 Å². The van der Waals surface area contributed by atoms with Crippen molar-refractivity contribution in [2.75, 3.05) is 26.8 Å². The molecule has 170 valence electrons. The van der Waals surface area contributed by atoms with E-state index in [4.69, 9.17) is 4.74 Å². The first-order chi connectivity index (χ1) is 15.3. The zero-order valence-corrected chi connectivity index (χ0v) is 18.5. The van der Waals surface area contributed by atoms with Crippen molar-refractivity contribution in [2.45, 2.75) is 24.3 Å². The van der Waals surface area contributed by atoms with Crippen LogP contribution in [-0.4, -0.2) is 57.8 Å². The average molecular weight is 460 g/mol. The summed E-state index contributed by atoms with van der Waals surface area (Å²) in [5, 5.41) is 2.76. The van der Waals surface area contributed by atoms with Crippen LogP contribution in [0, 0.1) is 0 Å². The van der Waals surface area contributed by atoms with Gasteiger partial charge in [0.2, 0.25) is 15.9 Å². The maximum absolute atomic E-state index is 12.3. The van der Waals surface area contributed by atoms with Crippen LogP contribution in [0.25, 0.3) is 0 Å². The number of imide groups is 1. The van der Waals surface area contributed by atoms with Crippen LogP contribution in [0.4, 0.5) is 0 Å². The quantitative estimate of drug-likeness (QED) is 0.386. The predicted molar refractivity (Wildman–Crippen MR) is 116 cm³/mol. The molecule has 10 heteroatoms. The number of hydrogen-bond donors (Lipinski definition) is 2. The molecule has 0 aliphatic carbocycles. The Balaban J connectivity index is 1.43. The van der Waals surface area contributed by atoms with Gasteiger partial charge in [-0.2, -0.15) is 0 Å². The SMILES string of the molecule is COCCNS(=O)(=O)c1ccc(CNC(=O)CCCN2C(=O)c3ccccc3C2=O)cc1. The Morgan fingerprint density at radius 1 is 1.00 bits per heavy atom. The van der Waals surface area contributed by atoms with Crippen molar-refractivity contribution in [3.05, 3.63) is 65.2 Å². The molecule has 9 nitrogen and oxygen atoms in total. The number of carbonyl (C=O) groups is 3. The first kappa shape index (κ1) is 23.6. The summed E-state index contributed by atoms with van der Waals surface area (Å²) < 4.78 is 31.5. The van der Waals surface area contributed by atoms with Gasteiger partial charge >= 0.3 is 0 Å². The van der Waals surface area contributed by atoms with E-state index in [1.54, 1.807) is 36.4 Å². The number of methoxy groups -OCH3 is 1. The molecule has 3 rings (SSSR count). The first-order valence-corrected chi connectivity index (χ1v) is 11.6. The van der Waals surface area contributed by atoms with Crippen LogP contribution in [-0.2, 0) is 26.1 Å². The smallest absolute Gasteiger partial charge is 0.261 e. The molecule has 0 radical (unpaired) electrons. The number of amides is 3. The van der Waals surface area contributed by atoms with Crippen LogP contribution in [0.1, 0.15) is 39.1 Å². The highest BCUT2D eigenvalue weighted by molar-refractivity contribution is 7.89. The van der Waals surface area contributed by atoms with E-state index < -0.39 is 10.0 Å². The lowest BCUT2D eigenvalue weighted by Crippen LogP contribution is -2.32. The topological polar surface area (TPSA) is 122 Å². The lowest BCUT2D eigenvalue weighted by molar-refractivity contribution is -0.121. The van der Waals surface area contributed by atoms with Crippen LogP contribution in [0.5, 0.6) is 0 Å². The molecule has 0 aromatic heterocycles. The Morgan fingerprint density at radius 2 is 1.62 bits per heavy atom. The average Bonchev–Trinajstić information content (AvgIpc) is 3.03. The fourth-order valence-corrected chi connectivity index (χ4v) is 4.29. The Hall–Kier alpha value is -3.08. The van der Waals surface area contributed by atoms with E-state index >= 15 is 0 Å². The van der Waals surface area contributed by atoms with Crippen molar-refractivity contribution in [3.8, 4) is 0 Å². The summed E-state index contributed by atoms with van der Waals surface area (Å²) >= 11 is 0. The number of ether oxygens (including phenoxy) is 1. The second-order valence-electron chi connectivity index (χ2n) is 7.22. The summed E-state index contributed by atoms with van der Waals surface area (Å²) in [6.07, 6.45) is 0.505. The highest BCUT2D eigenvalue weighted by atomic mass is 32.2. The third-order valence-electron chi connectivity index (χ3n) is 4.99. The Labute approximate surface area is 186 Å². The molecule has 0 bridgehead atoms. The second kappa shape index (κ2) is 10.5. The minimum absolute atomic E-state index is 0.129. The van der Waals surface area contributed by atoms with Gasteiger partial charge in [0.25, 0.3) is 11.8 Å². The Bertz CT molecular complexity index is 1060. The van der Waals surface area contributed by atoms with Gasteiger partial charge in [0.15, 0.2) is 0 Å². The molecule has 0 spiro atoms. The summed E-state index contributed by atoms with van der Waals surface area (Å²) in [6, 6.07) is 12.9. The van der Waals surface area contributed by atoms with E-state index in [1.807, 2.05) is 0 Å². The van der Waals surface area contributed by atoms with E-state index in [1.165, 1.54) is 19.2 Å². The largest absolute Gasteiger partial charge is 0.383 e. The molecule has 1 heterocycles. The van der Waals surface area contributed by atoms with Crippen molar-refractivity contribution in [2.24, 2.45) is 0 Å². The van der Waals surface area contributed by atoms with Gasteiger partial charge in [-0.05, 0) is 36.2 Å². The number of nitrogens with zero attached hydrogens (tertiary/aromatic N) is 1. The van der Waals surface area contributed by atoms with Gasteiger partial charge in [-0.1, -0.05) is 24.3 Å². The van der Waals surface area contributed by atoms with Gasteiger partial charge < -0.3 is 10.1 Å². The van der Waals surface area contributed by atoms with Crippen LogP contribution in [0.3, 0.4) is 0 Å². The molecule has 32 heavy (non-hydrogen) atoms. The fourth-order valence-electron chi connectivity index (χ4n) is 3.28. The number of sulfonamides is 1. The lowest BCUT2D eigenvalue weighted by atomic mass is 10.1. The zero-order valence-electron chi connectivity index (χ0n) is 17.7. The number of hydrogen-bond acceptors (Lipinski definition) is 6. The fraction of sp³-hybridized carbons (Fsp3) is 0.318. The third kappa shape index (κ3) is 5.58. The maximum atomic E-state index is 12.3. The highest BCUT2D eigenvalue weighted by Gasteiger charge is 2.34. The predicted octanol–water partition coefficient (Wildman–Crippen LogP) is 1.30. The molecule has 2 aromatic rings. The van der Waals surface area contributed by atoms with Crippen molar-refractivity contribution < 1.29 is 27.5 Å². The van der Waals surface area contributed by atoms with E-state index in [2.05, 4.69) is 10.0 Å². The van der Waals surface area contributed by atoms with E-state index in [9.17, 15) is 22.8 Å². The Morgan fingerprint density at radius 3 is 2.22 bits per heavy atom. The maximum Gasteiger partial charge on any atom is 0.261 e. The van der Waals surface area contributed by atoms with Gasteiger partial charge in [-0.3, -0.25) is 19.3 Å². The Kier molecular flexibility index (Phi) is 7.73. The van der Waals surface area contributed by atoms with E-state index in [0.29, 0.717) is 17.5 Å². The van der Waals surface area contributed by atoms with Crippen molar-refractivity contribution in [1.29, 1.82) is 0 Å². The summed E-state index contributed by atoms with van der Waals surface area (Å²) in [5.74, 6) is -0.893. The summed E-state index contributed by atoms with van der Waals surface area (Å²) in [7, 11) is -2.12. The molecule has 2 aromatic carbocycles. The molecular formula is C22H25N3O6S. The molecule has 0 saturated heterocycles. The van der Waals surface area contributed by atoms with Crippen LogP contribution >= 0.6 is 0 Å². The summed E-state index contributed by atoms with van der Waals surface area (Å²) in [5.41, 5.74) is 1.53. The van der Waals surface area contributed by atoms with Gasteiger partial charge in [0.1, 0.15) is 0 Å². The van der Waals surface area contributed by atoms with Crippen molar-refractivity contribution in [3.63, 3.8) is 0 Å². The number of nitrogens with one attached hydrogen (secondary N) is 2. The minimum atomic E-state index is -3.61. The van der Waals surface area contributed by atoms with Crippen molar-refractivity contribution in [1.82, 2.24) is 14.9 Å². The second-order valence-corrected chi connectivity index (χ2v) is 8.99. The molecule has 3 amide bonds.